The molecule has 0 heterocycles. The Balaban J connectivity index is 0.000000249. The lowest BCUT2D eigenvalue weighted by molar-refractivity contribution is 0.196. The Morgan fingerprint density at radius 3 is 1.12 bits per heavy atom. The summed E-state index contributed by atoms with van der Waals surface area (Å²) in [5.41, 5.74) is 0. The molecule has 0 radical (unpaired) electrons. The van der Waals surface area contributed by atoms with E-state index in [-0.39, 0.29) is 0 Å². The third-order valence-corrected chi connectivity index (χ3v) is 3.97. The van der Waals surface area contributed by atoms with E-state index in [4.69, 9.17) is 17.5 Å². The van der Waals surface area contributed by atoms with E-state index in [0.717, 1.165) is 11.8 Å². The van der Waals surface area contributed by atoms with Gasteiger partial charge in [-0.1, -0.05) is 64.2 Å². The van der Waals surface area contributed by atoms with Gasteiger partial charge in [0.15, 0.2) is 0 Å². The monoisotopic (exact) mass is 264 g/mol. The molecule has 0 aromatic carbocycles. The predicted octanol–water partition coefficient (Wildman–Crippen LogP) is 3.49. The van der Waals surface area contributed by atoms with Crippen molar-refractivity contribution in [1.82, 2.24) is 0 Å². The molecule has 2 aliphatic carbocycles. The van der Waals surface area contributed by atoms with Gasteiger partial charge >= 0.3 is 10.4 Å². The van der Waals surface area contributed by atoms with Crippen molar-refractivity contribution in [2.45, 2.75) is 64.2 Å². The molecule has 2 aliphatic rings. The molecule has 4 nitrogen and oxygen atoms in total. The molecule has 2 N–H and O–H groups in total. The standard InChI is InChI=1S/C12H22.H2O4S/c1-3-7-11(8-4-1)12-9-5-2-6-10-12;1-5(2,3)4/h11-12H,1-10H2;(H2,1,2,3,4). The Bertz CT molecular complexity index is 264. The molecule has 0 bridgehead atoms. The number of hydrogen-bond donors (Lipinski definition) is 2. The quantitative estimate of drug-likeness (QED) is 0.711. The highest BCUT2D eigenvalue weighted by Gasteiger charge is 2.24. The van der Waals surface area contributed by atoms with E-state index in [1.165, 1.54) is 38.5 Å². The van der Waals surface area contributed by atoms with Gasteiger partial charge in [0, 0.05) is 0 Å². The van der Waals surface area contributed by atoms with Gasteiger partial charge in [-0.3, -0.25) is 9.11 Å². The Labute approximate surface area is 104 Å². The molecule has 2 rings (SSSR count). The zero-order chi connectivity index (χ0) is 12.7. The highest BCUT2D eigenvalue weighted by Crippen LogP contribution is 2.37. The summed E-state index contributed by atoms with van der Waals surface area (Å²) in [7, 11) is -4.67. The van der Waals surface area contributed by atoms with Crippen LogP contribution in [0.5, 0.6) is 0 Å². The molecule has 2 saturated carbocycles. The Kier molecular flexibility index (Phi) is 6.44. The highest BCUT2D eigenvalue weighted by atomic mass is 32.3. The average Bonchev–Trinajstić information content (AvgIpc) is 2.29. The molecule has 0 aromatic heterocycles. The van der Waals surface area contributed by atoms with Crippen molar-refractivity contribution in [3.8, 4) is 0 Å². The fourth-order valence-electron chi connectivity index (χ4n) is 3.21. The second-order valence-electron chi connectivity index (χ2n) is 5.24. The molecule has 0 spiro atoms. The van der Waals surface area contributed by atoms with Gasteiger partial charge in [0.25, 0.3) is 0 Å². The van der Waals surface area contributed by atoms with Crippen molar-refractivity contribution in [2.75, 3.05) is 0 Å². The van der Waals surface area contributed by atoms with Gasteiger partial charge in [-0.2, -0.15) is 8.42 Å². The number of hydrogen-bond acceptors (Lipinski definition) is 2. The first-order valence-electron chi connectivity index (χ1n) is 6.66. The fraction of sp³-hybridized carbons (Fsp3) is 1.00. The topological polar surface area (TPSA) is 74.6 Å². The minimum Gasteiger partial charge on any atom is -0.264 e. The van der Waals surface area contributed by atoms with Crippen LogP contribution in [0.1, 0.15) is 64.2 Å². The molecule has 0 saturated heterocycles. The molecule has 102 valence electrons. The van der Waals surface area contributed by atoms with Gasteiger partial charge in [0.1, 0.15) is 0 Å². The zero-order valence-electron chi connectivity index (χ0n) is 10.3. The van der Waals surface area contributed by atoms with Crippen LogP contribution >= 0.6 is 0 Å². The van der Waals surface area contributed by atoms with Crippen molar-refractivity contribution in [3.63, 3.8) is 0 Å². The van der Waals surface area contributed by atoms with Crippen LogP contribution in [0.2, 0.25) is 0 Å². The van der Waals surface area contributed by atoms with Crippen LogP contribution in [0.4, 0.5) is 0 Å². The Morgan fingerprint density at radius 1 is 0.647 bits per heavy atom. The maximum atomic E-state index is 8.74. The lowest BCUT2D eigenvalue weighted by atomic mass is 9.73. The second kappa shape index (κ2) is 7.34. The third-order valence-electron chi connectivity index (χ3n) is 3.97. The third kappa shape index (κ3) is 7.73. The minimum absolute atomic E-state index is 1.14. The summed E-state index contributed by atoms with van der Waals surface area (Å²) in [6.45, 7) is 0. The summed E-state index contributed by atoms with van der Waals surface area (Å²) in [4.78, 5) is 0. The van der Waals surface area contributed by atoms with Gasteiger partial charge in [0.2, 0.25) is 0 Å². The van der Waals surface area contributed by atoms with E-state index in [2.05, 4.69) is 0 Å². The Morgan fingerprint density at radius 2 is 0.882 bits per heavy atom. The zero-order valence-corrected chi connectivity index (χ0v) is 11.2. The van der Waals surface area contributed by atoms with Crippen LogP contribution in [0, 0.1) is 11.8 Å². The molecule has 0 unspecified atom stereocenters. The van der Waals surface area contributed by atoms with E-state index in [1.54, 1.807) is 25.7 Å². The normalized spacial score (nSPS) is 23.9. The largest absolute Gasteiger partial charge is 0.394 e. The van der Waals surface area contributed by atoms with Crippen LogP contribution in [-0.4, -0.2) is 17.5 Å². The van der Waals surface area contributed by atoms with Crippen molar-refractivity contribution in [2.24, 2.45) is 11.8 Å². The van der Waals surface area contributed by atoms with E-state index >= 15 is 0 Å². The summed E-state index contributed by atoms with van der Waals surface area (Å²) in [5.74, 6) is 2.28. The van der Waals surface area contributed by atoms with Gasteiger partial charge in [-0.05, 0) is 11.8 Å². The van der Waals surface area contributed by atoms with Crippen LogP contribution in [0.25, 0.3) is 0 Å². The van der Waals surface area contributed by atoms with Crippen molar-refractivity contribution in [1.29, 1.82) is 0 Å². The highest BCUT2D eigenvalue weighted by molar-refractivity contribution is 7.79. The Hall–Kier alpha value is -0.130. The van der Waals surface area contributed by atoms with Crippen LogP contribution in [0.15, 0.2) is 0 Å². The first-order valence-corrected chi connectivity index (χ1v) is 8.06. The van der Waals surface area contributed by atoms with Crippen LogP contribution in [-0.2, 0) is 10.4 Å². The molecule has 0 aromatic rings. The molecule has 17 heavy (non-hydrogen) atoms. The van der Waals surface area contributed by atoms with Crippen molar-refractivity contribution in [3.05, 3.63) is 0 Å². The first kappa shape index (κ1) is 14.9. The van der Waals surface area contributed by atoms with E-state index < -0.39 is 10.4 Å². The molecular formula is C12H24O4S. The SMILES string of the molecule is C1CCC(C2CCCCC2)CC1.O=S(=O)(O)O. The smallest absolute Gasteiger partial charge is 0.264 e. The first-order chi connectivity index (χ1) is 7.97. The molecule has 0 atom stereocenters. The second-order valence-corrected chi connectivity index (χ2v) is 6.14. The van der Waals surface area contributed by atoms with Gasteiger partial charge in [-0.25, -0.2) is 0 Å². The van der Waals surface area contributed by atoms with Gasteiger partial charge in [-0.15, -0.1) is 0 Å². The molecule has 2 fully saturated rings. The van der Waals surface area contributed by atoms with E-state index in [1.807, 2.05) is 0 Å². The minimum atomic E-state index is -4.67. The van der Waals surface area contributed by atoms with Crippen molar-refractivity contribution >= 4 is 10.4 Å². The predicted molar refractivity (Wildman–Crippen MR) is 67.3 cm³/mol. The average molecular weight is 264 g/mol. The van der Waals surface area contributed by atoms with Crippen LogP contribution in [0.3, 0.4) is 0 Å². The summed E-state index contributed by atoms with van der Waals surface area (Å²) < 4.78 is 31.6. The van der Waals surface area contributed by atoms with Gasteiger partial charge in [0.05, 0.1) is 0 Å². The molecule has 0 amide bonds. The van der Waals surface area contributed by atoms with Crippen molar-refractivity contribution < 1.29 is 17.5 Å². The maximum Gasteiger partial charge on any atom is 0.394 e. The molecular weight excluding hydrogens is 240 g/mol. The molecule has 0 aliphatic heterocycles. The number of rotatable bonds is 1. The summed E-state index contributed by atoms with van der Waals surface area (Å²) in [5, 5.41) is 0. The lowest BCUT2D eigenvalue weighted by Crippen LogP contribution is -2.20. The lowest BCUT2D eigenvalue weighted by Gasteiger charge is -2.32. The maximum absolute atomic E-state index is 8.74. The van der Waals surface area contributed by atoms with E-state index in [0.29, 0.717) is 0 Å². The summed E-state index contributed by atoms with van der Waals surface area (Å²) in [6, 6.07) is 0. The molecule has 5 heteroatoms. The fourth-order valence-corrected chi connectivity index (χ4v) is 3.21. The summed E-state index contributed by atoms with van der Waals surface area (Å²) in [6.07, 6.45) is 15.4. The van der Waals surface area contributed by atoms with Gasteiger partial charge < -0.3 is 0 Å². The van der Waals surface area contributed by atoms with E-state index in [9.17, 15) is 0 Å². The summed E-state index contributed by atoms with van der Waals surface area (Å²) >= 11 is 0. The van der Waals surface area contributed by atoms with Crippen LogP contribution < -0.4 is 0 Å².